The van der Waals surface area contributed by atoms with Gasteiger partial charge in [0.05, 0.1) is 6.20 Å². The SMILES string of the molecule is CSCC(C)NS(=O)(=O)c1cn[nH]c1N. The number of nitrogen functional groups attached to an aromatic ring is 1. The summed E-state index contributed by atoms with van der Waals surface area (Å²) in [5.74, 6) is 0.760. The third kappa shape index (κ3) is 3.11. The first-order valence-electron chi connectivity index (χ1n) is 4.27. The molecule has 0 bridgehead atoms. The van der Waals surface area contributed by atoms with Crippen LogP contribution >= 0.6 is 11.8 Å². The molecule has 1 aromatic heterocycles. The maximum absolute atomic E-state index is 11.7. The van der Waals surface area contributed by atoms with E-state index in [0.717, 1.165) is 0 Å². The number of hydrogen-bond donors (Lipinski definition) is 3. The van der Waals surface area contributed by atoms with Gasteiger partial charge in [-0.2, -0.15) is 16.9 Å². The quantitative estimate of drug-likeness (QED) is 0.684. The fourth-order valence-corrected chi connectivity index (χ4v) is 3.07. The Hall–Kier alpha value is -0.730. The van der Waals surface area contributed by atoms with Crippen LogP contribution < -0.4 is 10.5 Å². The molecule has 1 rings (SSSR count). The molecule has 86 valence electrons. The standard InChI is InChI=1S/C7H14N4O2S2/c1-5(4-14-2)11-15(12,13)6-3-9-10-7(6)8/h3,5,11H,4H2,1-2H3,(H3,8,9,10). The lowest BCUT2D eigenvalue weighted by Gasteiger charge is -2.11. The maximum atomic E-state index is 11.7. The van der Waals surface area contributed by atoms with Gasteiger partial charge in [-0.1, -0.05) is 0 Å². The smallest absolute Gasteiger partial charge is 0.246 e. The normalized spacial score (nSPS) is 14.0. The second kappa shape index (κ2) is 4.86. The van der Waals surface area contributed by atoms with E-state index in [-0.39, 0.29) is 16.8 Å². The van der Waals surface area contributed by atoms with Crippen molar-refractivity contribution in [3.63, 3.8) is 0 Å². The largest absolute Gasteiger partial charge is 0.383 e. The predicted molar refractivity (Wildman–Crippen MR) is 61.2 cm³/mol. The zero-order valence-electron chi connectivity index (χ0n) is 8.52. The first kappa shape index (κ1) is 12.3. The molecule has 0 saturated carbocycles. The summed E-state index contributed by atoms with van der Waals surface area (Å²) < 4.78 is 26.0. The molecule has 0 aliphatic rings. The Kier molecular flexibility index (Phi) is 4.00. The molecule has 4 N–H and O–H groups in total. The lowest BCUT2D eigenvalue weighted by atomic mass is 10.4. The van der Waals surface area contributed by atoms with Crippen LogP contribution in [0.4, 0.5) is 5.82 Å². The number of nitrogens with two attached hydrogens (primary N) is 1. The molecule has 1 atom stereocenters. The Balaban J connectivity index is 2.81. The van der Waals surface area contributed by atoms with Gasteiger partial charge < -0.3 is 5.73 Å². The first-order valence-corrected chi connectivity index (χ1v) is 7.15. The molecule has 6 nitrogen and oxygen atoms in total. The van der Waals surface area contributed by atoms with E-state index < -0.39 is 10.0 Å². The number of anilines is 1. The van der Waals surface area contributed by atoms with Crippen molar-refractivity contribution in [3.8, 4) is 0 Å². The monoisotopic (exact) mass is 250 g/mol. The van der Waals surface area contributed by atoms with Crippen LogP contribution in [0.5, 0.6) is 0 Å². The summed E-state index contributed by atoms with van der Waals surface area (Å²) in [4.78, 5) is -0.00421. The third-order valence-corrected chi connectivity index (χ3v) is 4.15. The molecule has 0 aliphatic heterocycles. The molecule has 1 heterocycles. The Morgan fingerprint density at radius 3 is 2.87 bits per heavy atom. The summed E-state index contributed by atoms with van der Waals surface area (Å²) >= 11 is 1.57. The zero-order valence-corrected chi connectivity index (χ0v) is 10.2. The summed E-state index contributed by atoms with van der Waals surface area (Å²) in [7, 11) is -3.55. The molecule has 1 unspecified atom stereocenters. The number of aromatic amines is 1. The van der Waals surface area contributed by atoms with Gasteiger partial charge in [0.15, 0.2) is 0 Å². The van der Waals surface area contributed by atoms with Crippen LogP contribution in [0.15, 0.2) is 11.1 Å². The van der Waals surface area contributed by atoms with Crippen LogP contribution in [0.25, 0.3) is 0 Å². The van der Waals surface area contributed by atoms with E-state index in [1.807, 2.05) is 6.26 Å². The van der Waals surface area contributed by atoms with E-state index in [0.29, 0.717) is 5.75 Å². The lowest BCUT2D eigenvalue weighted by molar-refractivity contribution is 0.571. The van der Waals surface area contributed by atoms with Crippen LogP contribution in [0.3, 0.4) is 0 Å². The van der Waals surface area contributed by atoms with Crippen LogP contribution in [0.1, 0.15) is 6.92 Å². The number of nitrogens with zero attached hydrogens (tertiary/aromatic N) is 1. The number of nitrogens with one attached hydrogen (secondary N) is 2. The van der Waals surface area contributed by atoms with Gasteiger partial charge in [0.1, 0.15) is 10.7 Å². The third-order valence-electron chi connectivity index (χ3n) is 1.69. The van der Waals surface area contributed by atoms with Gasteiger partial charge in [0.2, 0.25) is 10.0 Å². The first-order chi connectivity index (χ1) is 6.97. The average molecular weight is 250 g/mol. The molecule has 0 aromatic carbocycles. The summed E-state index contributed by atoms with van der Waals surface area (Å²) in [6.07, 6.45) is 3.11. The fourth-order valence-electron chi connectivity index (χ4n) is 1.11. The van der Waals surface area contributed by atoms with Crippen molar-refractivity contribution in [1.29, 1.82) is 0 Å². The Labute approximate surface area is 93.1 Å². The van der Waals surface area contributed by atoms with Crippen molar-refractivity contribution in [2.75, 3.05) is 17.7 Å². The maximum Gasteiger partial charge on any atom is 0.246 e. The van der Waals surface area contributed by atoms with Crippen molar-refractivity contribution in [2.24, 2.45) is 0 Å². The Morgan fingerprint density at radius 2 is 2.40 bits per heavy atom. The Bertz CT molecular complexity index is 414. The van der Waals surface area contributed by atoms with E-state index in [2.05, 4.69) is 14.9 Å². The van der Waals surface area contributed by atoms with Gasteiger partial charge in [0, 0.05) is 11.8 Å². The number of H-pyrrole nitrogens is 1. The van der Waals surface area contributed by atoms with Crippen LogP contribution in [-0.2, 0) is 10.0 Å². The molecule has 0 saturated heterocycles. The molecule has 0 fully saturated rings. The van der Waals surface area contributed by atoms with Gasteiger partial charge in [-0.3, -0.25) is 5.10 Å². The minimum Gasteiger partial charge on any atom is -0.383 e. The second-order valence-electron chi connectivity index (χ2n) is 3.13. The second-order valence-corrected chi connectivity index (χ2v) is 5.72. The summed E-state index contributed by atoms with van der Waals surface area (Å²) in [5.41, 5.74) is 5.43. The predicted octanol–water partition coefficient (Wildman–Crippen LogP) is 0.0217. The van der Waals surface area contributed by atoms with Crippen LogP contribution in [0.2, 0.25) is 0 Å². The zero-order chi connectivity index (χ0) is 11.5. The summed E-state index contributed by atoms with van der Waals surface area (Å²) in [6.45, 7) is 1.80. The van der Waals surface area contributed by atoms with Crippen LogP contribution in [-0.4, -0.2) is 36.7 Å². The molecule has 0 aliphatic carbocycles. The highest BCUT2D eigenvalue weighted by Gasteiger charge is 2.21. The van der Waals surface area contributed by atoms with Crippen LogP contribution in [0, 0.1) is 0 Å². The van der Waals surface area contributed by atoms with Crippen molar-refractivity contribution >= 4 is 27.6 Å². The van der Waals surface area contributed by atoms with Gasteiger partial charge in [-0.25, -0.2) is 13.1 Å². The van der Waals surface area contributed by atoms with Gasteiger partial charge in [0.25, 0.3) is 0 Å². The molecule has 0 spiro atoms. The summed E-state index contributed by atoms with van der Waals surface area (Å²) in [6, 6.07) is -0.140. The highest BCUT2D eigenvalue weighted by atomic mass is 32.2. The topological polar surface area (TPSA) is 101 Å². The van der Waals surface area contributed by atoms with Crippen molar-refractivity contribution in [2.45, 2.75) is 17.9 Å². The summed E-state index contributed by atoms with van der Waals surface area (Å²) in [5, 5.41) is 5.95. The molecule has 15 heavy (non-hydrogen) atoms. The van der Waals surface area contributed by atoms with E-state index in [9.17, 15) is 8.42 Å². The number of hydrogen-bond acceptors (Lipinski definition) is 5. The van der Waals surface area contributed by atoms with Gasteiger partial charge in [-0.15, -0.1) is 0 Å². The van der Waals surface area contributed by atoms with Crippen molar-refractivity contribution < 1.29 is 8.42 Å². The molecule has 0 radical (unpaired) electrons. The molecule has 1 aromatic rings. The fraction of sp³-hybridized carbons (Fsp3) is 0.571. The highest BCUT2D eigenvalue weighted by molar-refractivity contribution is 7.98. The highest BCUT2D eigenvalue weighted by Crippen LogP contribution is 2.14. The number of thioether (sulfide) groups is 1. The van der Waals surface area contributed by atoms with Crippen molar-refractivity contribution in [3.05, 3.63) is 6.20 Å². The van der Waals surface area contributed by atoms with E-state index in [4.69, 9.17) is 5.73 Å². The number of aromatic nitrogens is 2. The lowest BCUT2D eigenvalue weighted by Crippen LogP contribution is -2.34. The number of rotatable bonds is 5. The average Bonchev–Trinajstić information content (AvgIpc) is 2.51. The molecule has 0 amide bonds. The minimum atomic E-state index is -3.55. The molecule has 8 heteroatoms. The molecular formula is C7H14N4O2S2. The van der Waals surface area contributed by atoms with Gasteiger partial charge >= 0.3 is 0 Å². The van der Waals surface area contributed by atoms with E-state index in [1.54, 1.807) is 18.7 Å². The molecular weight excluding hydrogens is 236 g/mol. The Morgan fingerprint density at radius 1 is 1.73 bits per heavy atom. The minimum absolute atomic E-state index is 0.00421. The van der Waals surface area contributed by atoms with E-state index in [1.165, 1.54) is 6.20 Å². The number of sulfonamides is 1. The van der Waals surface area contributed by atoms with Gasteiger partial charge in [-0.05, 0) is 13.2 Å². The van der Waals surface area contributed by atoms with Crippen molar-refractivity contribution in [1.82, 2.24) is 14.9 Å². The van der Waals surface area contributed by atoms with E-state index >= 15 is 0 Å².